The van der Waals surface area contributed by atoms with Crippen molar-refractivity contribution in [2.75, 3.05) is 18.1 Å². The molecular formula is C10H16N4OS. The predicted octanol–water partition coefficient (Wildman–Crippen LogP) is 2.18. The maximum atomic E-state index is 11.9. The summed E-state index contributed by atoms with van der Waals surface area (Å²) >= 11 is 1.96. The van der Waals surface area contributed by atoms with Crippen molar-refractivity contribution < 1.29 is 4.79 Å². The first kappa shape index (κ1) is 11.6. The minimum atomic E-state index is -0.0172. The summed E-state index contributed by atoms with van der Waals surface area (Å²) in [5.74, 6) is 2.29. The lowest BCUT2D eigenvalue weighted by atomic mass is 10.1. The first-order valence-electron chi connectivity index (χ1n) is 5.72. The number of carbonyl (C=O) groups is 1. The molecule has 1 aliphatic carbocycles. The fourth-order valence-electron chi connectivity index (χ4n) is 2.20. The van der Waals surface area contributed by atoms with E-state index in [1.807, 2.05) is 16.7 Å². The van der Waals surface area contributed by atoms with E-state index in [0.29, 0.717) is 12.1 Å². The highest BCUT2D eigenvalue weighted by atomic mass is 32.2. The Morgan fingerprint density at radius 2 is 1.94 bits per heavy atom. The van der Waals surface area contributed by atoms with E-state index in [2.05, 4.69) is 10.0 Å². The van der Waals surface area contributed by atoms with Gasteiger partial charge in [0.2, 0.25) is 5.91 Å². The van der Waals surface area contributed by atoms with E-state index in [1.165, 1.54) is 0 Å². The van der Waals surface area contributed by atoms with Crippen LogP contribution in [0.15, 0.2) is 5.11 Å². The van der Waals surface area contributed by atoms with Crippen LogP contribution in [0.4, 0.5) is 0 Å². The van der Waals surface area contributed by atoms with Gasteiger partial charge in [-0.25, -0.2) is 0 Å². The molecule has 5 nitrogen and oxygen atoms in total. The molecule has 1 saturated carbocycles. The van der Waals surface area contributed by atoms with Gasteiger partial charge in [0, 0.05) is 17.0 Å². The number of hydrogen-bond acceptors (Lipinski definition) is 3. The average molecular weight is 240 g/mol. The average Bonchev–Trinajstić information content (AvgIpc) is 3.12. The van der Waals surface area contributed by atoms with Crippen LogP contribution in [0, 0.1) is 0 Å². The van der Waals surface area contributed by atoms with E-state index in [9.17, 15) is 4.79 Å². The van der Waals surface area contributed by atoms with Crippen LogP contribution in [0.25, 0.3) is 10.4 Å². The Morgan fingerprint density at radius 1 is 1.31 bits per heavy atom. The zero-order valence-corrected chi connectivity index (χ0v) is 10.0. The van der Waals surface area contributed by atoms with Crippen molar-refractivity contribution >= 4 is 17.7 Å². The van der Waals surface area contributed by atoms with Crippen molar-refractivity contribution in [3.63, 3.8) is 0 Å². The lowest BCUT2D eigenvalue weighted by molar-refractivity contribution is -0.132. The van der Waals surface area contributed by atoms with Crippen molar-refractivity contribution in [3.05, 3.63) is 10.4 Å². The van der Waals surface area contributed by atoms with Gasteiger partial charge in [-0.15, -0.1) is 0 Å². The van der Waals surface area contributed by atoms with Gasteiger partial charge in [0.25, 0.3) is 0 Å². The summed E-state index contributed by atoms with van der Waals surface area (Å²) in [6.07, 6.45) is 4.41. The molecule has 1 saturated heterocycles. The van der Waals surface area contributed by atoms with Gasteiger partial charge in [0.15, 0.2) is 0 Å². The van der Waals surface area contributed by atoms with Crippen LogP contribution in [0.2, 0.25) is 0 Å². The summed E-state index contributed by atoms with van der Waals surface area (Å²) in [4.78, 5) is 16.6. The molecule has 0 bridgehead atoms. The molecule has 1 amide bonds. The Bertz CT molecular complexity index is 306. The summed E-state index contributed by atoms with van der Waals surface area (Å²) < 4.78 is 0. The molecule has 0 aromatic carbocycles. The van der Waals surface area contributed by atoms with Crippen LogP contribution in [0.3, 0.4) is 0 Å². The first-order chi connectivity index (χ1) is 7.83. The first-order valence-corrected chi connectivity index (χ1v) is 6.88. The summed E-state index contributed by atoms with van der Waals surface area (Å²) in [6.45, 7) is -0.0172. The van der Waals surface area contributed by atoms with Crippen molar-refractivity contribution in [1.82, 2.24) is 4.90 Å². The third kappa shape index (κ3) is 2.83. The SMILES string of the molecule is [N-]=[N+]=NCC(=O)N(C1CCSCC1)C1CC1. The molecule has 1 aliphatic heterocycles. The van der Waals surface area contributed by atoms with Gasteiger partial charge in [-0.05, 0) is 42.7 Å². The van der Waals surface area contributed by atoms with Crippen LogP contribution in [0.1, 0.15) is 25.7 Å². The maximum Gasteiger partial charge on any atom is 0.228 e. The molecule has 0 aromatic rings. The standard InChI is InChI=1S/C10H16N4OS/c11-13-12-7-10(15)14(8-1-2-8)9-3-5-16-6-4-9/h8-9H,1-7H2. The number of rotatable bonds is 4. The van der Waals surface area contributed by atoms with Gasteiger partial charge in [0.1, 0.15) is 6.54 Å². The normalized spacial score (nSPS) is 21.2. The van der Waals surface area contributed by atoms with Crippen LogP contribution >= 0.6 is 11.8 Å². The quantitative estimate of drug-likeness (QED) is 0.429. The smallest absolute Gasteiger partial charge is 0.228 e. The topological polar surface area (TPSA) is 69.1 Å². The molecule has 1 heterocycles. The molecule has 0 atom stereocenters. The third-order valence-corrected chi connectivity index (χ3v) is 4.13. The minimum absolute atomic E-state index is 0.0113. The fourth-order valence-corrected chi connectivity index (χ4v) is 3.28. The number of hydrogen-bond donors (Lipinski definition) is 0. The fraction of sp³-hybridized carbons (Fsp3) is 0.900. The minimum Gasteiger partial charge on any atom is -0.337 e. The summed E-state index contributed by atoms with van der Waals surface area (Å²) in [5, 5.41) is 3.38. The number of nitrogens with zero attached hydrogens (tertiary/aromatic N) is 4. The highest BCUT2D eigenvalue weighted by Gasteiger charge is 2.37. The monoisotopic (exact) mass is 240 g/mol. The van der Waals surface area contributed by atoms with Crippen LogP contribution in [-0.4, -0.2) is 40.9 Å². The number of carbonyl (C=O) groups excluding carboxylic acids is 1. The van der Waals surface area contributed by atoms with Gasteiger partial charge in [0.05, 0.1) is 0 Å². The van der Waals surface area contributed by atoms with Gasteiger partial charge in [-0.1, -0.05) is 5.11 Å². The molecule has 16 heavy (non-hydrogen) atoms. The van der Waals surface area contributed by atoms with Gasteiger partial charge in [-0.3, -0.25) is 4.79 Å². The van der Waals surface area contributed by atoms with E-state index in [0.717, 1.165) is 37.2 Å². The zero-order chi connectivity index (χ0) is 11.4. The van der Waals surface area contributed by atoms with E-state index in [1.54, 1.807) is 0 Å². The van der Waals surface area contributed by atoms with Crippen LogP contribution in [0.5, 0.6) is 0 Å². The van der Waals surface area contributed by atoms with Gasteiger partial charge < -0.3 is 4.90 Å². The molecular weight excluding hydrogens is 224 g/mol. The maximum absolute atomic E-state index is 11.9. The van der Waals surface area contributed by atoms with Crippen molar-refractivity contribution in [2.45, 2.75) is 37.8 Å². The molecule has 2 rings (SSSR count). The molecule has 0 unspecified atom stereocenters. The van der Waals surface area contributed by atoms with Gasteiger partial charge >= 0.3 is 0 Å². The molecule has 0 spiro atoms. The number of azide groups is 1. The van der Waals surface area contributed by atoms with Crippen molar-refractivity contribution in [3.8, 4) is 0 Å². The Labute approximate surface area is 99.2 Å². The van der Waals surface area contributed by atoms with Crippen molar-refractivity contribution in [1.29, 1.82) is 0 Å². The largest absolute Gasteiger partial charge is 0.337 e. The van der Waals surface area contributed by atoms with E-state index in [-0.39, 0.29) is 12.5 Å². The summed E-state index contributed by atoms with van der Waals surface area (Å²) in [5.41, 5.74) is 8.25. The lowest BCUT2D eigenvalue weighted by Gasteiger charge is -2.34. The van der Waals surface area contributed by atoms with E-state index < -0.39 is 0 Å². The molecule has 6 heteroatoms. The van der Waals surface area contributed by atoms with Crippen molar-refractivity contribution in [2.24, 2.45) is 5.11 Å². The van der Waals surface area contributed by atoms with E-state index >= 15 is 0 Å². The second-order valence-corrected chi connectivity index (χ2v) is 5.49. The summed E-state index contributed by atoms with van der Waals surface area (Å²) in [6, 6.07) is 0.810. The highest BCUT2D eigenvalue weighted by Crippen LogP contribution is 2.33. The number of thioether (sulfide) groups is 1. The van der Waals surface area contributed by atoms with Crippen LogP contribution < -0.4 is 0 Å². The van der Waals surface area contributed by atoms with Gasteiger partial charge in [-0.2, -0.15) is 11.8 Å². The molecule has 0 N–H and O–H groups in total. The Balaban J connectivity index is 1.97. The molecule has 2 fully saturated rings. The van der Waals surface area contributed by atoms with Crippen LogP contribution in [-0.2, 0) is 4.79 Å². The zero-order valence-electron chi connectivity index (χ0n) is 9.21. The second-order valence-electron chi connectivity index (χ2n) is 4.26. The predicted molar refractivity (Wildman–Crippen MR) is 64.2 cm³/mol. The Hall–Kier alpha value is -0.870. The number of amides is 1. The summed E-state index contributed by atoms with van der Waals surface area (Å²) in [7, 11) is 0. The molecule has 0 radical (unpaired) electrons. The second kappa shape index (κ2) is 5.46. The molecule has 2 aliphatic rings. The molecule has 88 valence electrons. The lowest BCUT2D eigenvalue weighted by Crippen LogP contribution is -2.44. The Kier molecular flexibility index (Phi) is 3.96. The molecule has 0 aromatic heterocycles. The Morgan fingerprint density at radius 3 is 2.50 bits per heavy atom. The highest BCUT2D eigenvalue weighted by molar-refractivity contribution is 7.99. The third-order valence-electron chi connectivity index (χ3n) is 3.08. The van der Waals surface area contributed by atoms with E-state index in [4.69, 9.17) is 5.53 Å².